The third-order valence-corrected chi connectivity index (χ3v) is 5.66. The largest absolute Gasteiger partial charge is 0.342 e. The number of aryl methyl sites for hydroxylation is 2. The van der Waals surface area contributed by atoms with Crippen molar-refractivity contribution in [1.82, 2.24) is 4.90 Å². The Morgan fingerprint density at radius 1 is 1.24 bits per heavy atom. The predicted octanol–water partition coefficient (Wildman–Crippen LogP) is 7.34. The van der Waals surface area contributed by atoms with Crippen LogP contribution in [0.15, 0.2) is 36.4 Å². The van der Waals surface area contributed by atoms with Gasteiger partial charge in [0.1, 0.15) is 17.7 Å². The third kappa shape index (κ3) is 10.8. The van der Waals surface area contributed by atoms with E-state index < -0.39 is 0 Å². The molecule has 0 saturated carbocycles. The first-order valence-electron chi connectivity index (χ1n) is 11.4. The molecule has 3 nitrogen and oxygen atoms in total. The van der Waals surface area contributed by atoms with Gasteiger partial charge in [-0.25, -0.2) is 8.78 Å². The summed E-state index contributed by atoms with van der Waals surface area (Å²) in [6.45, 7) is 12.2. The highest BCUT2D eigenvalue weighted by Crippen LogP contribution is 2.17. The number of carbonyl (C=O) groups is 1. The van der Waals surface area contributed by atoms with Crippen molar-refractivity contribution in [3.8, 4) is 6.07 Å². The molecule has 180 valence electrons. The van der Waals surface area contributed by atoms with Gasteiger partial charge in [-0.3, -0.25) is 4.79 Å². The van der Waals surface area contributed by atoms with E-state index in [4.69, 9.17) is 16.9 Å². The monoisotopic (exact) mass is 476 g/mol. The number of benzene rings is 2. The van der Waals surface area contributed by atoms with E-state index >= 15 is 0 Å². The van der Waals surface area contributed by atoms with Crippen LogP contribution in [0, 0.1) is 41.7 Å². The van der Waals surface area contributed by atoms with Gasteiger partial charge in [-0.1, -0.05) is 45.4 Å². The van der Waals surface area contributed by atoms with Crippen LogP contribution in [0.1, 0.15) is 63.6 Å². The Morgan fingerprint density at radius 2 is 1.94 bits per heavy atom. The van der Waals surface area contributed by atoms with Crippen LogP contribution < -0.4 is 0 Å². The molecule has 3 rings (SSSR count). The van der Waals surface area contributed by atoms with E-state index in [-0.39, 0.29) is 11.6 Å². The van der Waals surface area contributed by atoms with Gasteiger partial charge in [0.05, 0.1) is 10.6 Å². The van der Waals surface area contributed by atoms with Crippen LogP contribution in [0.25, 0.3) is 0 Å². The molecule has 1 amide bonds. The van der Waals surface area contributed by atoms with Gasteiger partial charge in [0, 0.05) is 19.5 Å². The Hall–Kier alpha value is -2.45. The molecule has 0 radical (unpaired) electrons. The van der Waals surface area contributed by atoms with Crippen molar-refractivity contribution < 1.29 is 13.6 Å². The second kappa shape index (κ2) is 14.6. The summed E-state index contributed by atoms with van der Waals surface area (Å²) in [7, 11) is 0. The van der Waals surface area contributed by atoms with Gasteiger partial charge in [0.15, 0.2) is 0 Å². The zero-order valence-electron chi connectivity index (χ0n) is 20.3. The van der Waals surface area contributed by atoms with Crippen LogP contribution >= 0.6 is 11.6 Å². The summed E-state index contributed by atoms with van der Waals surface area (Å²) < 4.78 is 25.0. The lowest BCUT2D eigenvalue weighted by Crippen LogP contribution is -2.28. The standard InChI is InChI=1S/C11H21NO.C8H6ClN.C8H8F2/c1-9(2)4-5-11(13)12-7-6-10(3)8-12;1-6-2-3-7(5-10)8(9)4-6;1-2-6-5-7(9)3-4-8(6)10/h9-10H,4-8H2,1-3H3;2-4H,1H3;3-5H,2H2,1H3/t10-;;/m0../s1. The minimum Gasteiger partial charge on any atom is -0.342 e. The molecule has 0 aromatic heterocycles. The lowest BCUT2D eigenvalue weighted by atomic mass is 10.1. The molecule has 33 heavy (non-hydrogen) atoms. The molecule has 1 aliphatic heterocycles. The van der Waals surface area contributed by atoms with Crippen molar-refractivity contribution in [2.24, 2.45) is 11.8 Å². The van der Waals surface area contributed by atoms with Crippen LogP contribution in [0.5, 0.6) is 0 Å². The SMILES string of the molecule is CC(C)CCC(=O)N1CC[C@H](C)C1.CCc1cc(F)ccc1F.Cc1ccc(C#N)c(Cl)c1. The number of carbonyl (C=O) groups excluding carboxylic acids is 1. The van der Waals surface area contributed by atoms with E-state index in [1.165, 1.54) is 12.5 Å². The number of nitriles is 1. The topological polar surface area (TPSA) is 44.1 Å². The normalized spacial score (nSPS) is 14.7. The number of likely N-dealkylation sites (tertiary alicyclic amines) is 1. The van der Waals surface area contributed by atoms with Crippen molar-refractivity contribution in [3.05, 3.63) is 69.7 Å². The minimum atomic E-state index is -0.377. The van der Waals surface area contributed by atoms with Crippen molar-refractivity contribution in [2.75, 3.05) is 13.1 Å². The number of nitrogens with zero attached hydrogens (tertiary/aromatic N) is 2. The van der Waals surface area contributed by atoms with Gasteiger partial charge in [-0.2, -0.15) is 5.26 Å². The Bertz CT molecular complexity index is 931. The van der Waals surface area contributed by atoms with Crippen LogP contribution in [0.2, 0.25) is 5.02 Å². The summed E-state index contributed by atoms with van der Waals surface area (Å²) in [6.07, 6.45) is 3.49. The maximum absolute atomic E-state index is 12.6. The highest BCUT2D eigenvalue weighted by molar-refractivity contribution is 6.31. The molecule has 1 atom stereocenters. The van der Waals surface area contributed by atoms with Crippen molar-refractivity contribution in [1.29, 1.82) is 5.26 Å². The molecule has 2 aromatic rings. The van der Waals surface area contributed by atoms with Gasteiger partial charge >= 0.3 is 0 Å². The minimum absolute atomic E-state index is 0.330. The van der Waals surface area contributed by atoms with E-state index in [1.54, 1.807) is 19.1 Å². The second-order valence-electron chi connectivity index (χ2n) is 8.85. The molecule has 1 saturated heterocycles. The number of amides is 1. The highest BCUT2D eigenvalue weighted by atomic mass is 35.5. The first-order chi connectivity index (χ1) is 15.6. The van der Waals surface area contributed by atoms with Gasteiger partial charge in [-0.15, -0.1) is 0 Å². The van der Waals surface area contributed by atoms with Crippen LogP contribution in [0.4, 0.5) is 8.78 Å². The van der Waals surface area contributed by atoms with Gasteiger partial charge in [0.25, 0.3) is 0 Å². The predicted molar refractivity (Wildman–Crippen MR) is 131 cm³/mol. The lowest BCUT2D eigenvalue weighted by Gasteiger charge is -2.16. The fraction of sp³-hybridized carbons (Fsp3) is 0.481. The van der Waals surface area contributed by atoms with Gasteiger partial charge < -0.3 is 4.90 Å². The molecule has 0 N–H and O–H groups in total. The Kier molecular flexibility index (Phi) is 12.7. The molecule has 2 aromatic carbocycles. The quantitative estimate of drug-likeness (QED) is 0.463. The average molecular weight is 477 g/mol. The maximum Gasteiger partial charge on any atom is 0.222 e. The summed E-state index contributed by atoms with van der Waals surface area (Å²) in [6, 6.07) is 10.8. The fourth-order valence-corrected chi connectivity index (χ4v) is 3.53. The van der Waals surface area contributed by atoms with Crippen molar-refractivity contribution >= 4 is 17.5 Å². The Labute approximate surface area is 202 Å². The molecule has 0 unspecified atom stereocenters. The molecular formula is C27H35ClF2N2O. The average Bonchev–Trinajstić information content (AvgIpc) is 3.21. The molecule has 1 heterocycles. The van der Waals surface area contributed by atoms with Crippen LogP contribution in [0.3, 0.4) is 0 Å². The highest BCUT2D eigenvalue weighted by Gasteiger charge is 2.22. The molecule has 0 aliphatic carbocycles. The summed E-state index contributed by atoms with van der Waals surface area (Å²) in [5.41, 5.74) is 2.04. The zero-order chi connectivity index (χ0) is 25.0. The van der Waals surface area contributed by atoms with E-state index in [0.717, 1.165) is 43.6 Å². The molecule has 6 heteroatoms. The Balaban J connectivity index is 0.000000251. The van der Waals surface area contributed by atoms with Crippen molar-refractivity contribution in [3.63, 3.8) is 0 Å². The number of halogens is 3. The zero-order valence-corrected chi connectivity index (χ0v) is 21.1. The Morgan fingerprint density at radius 3 is 2.42 bits per heavy atom. The van der Waals surface area contributed by atoms with Gasteiger partial charge in [-0.05, 0) is 79.5 Å². The molecular weight excluding hydrogens is 442 g/mol. The van der Waals surface area contributed by atoms with E-state index in [2.05, 4.69) is 20.8 Å². The molecule has 1 fully saturated rings. The smallest absolute Gasteiger partial charge is 0.222 e. The first-order valence-corrected chi connectivity index (χ1v) is 11.8. The van der Waals surface area contributed by atoms with Crippen LogP contribution in [-0.4, -0.2) is 23.9 Å². The summed E-state index contributed by atoms with van der Waals surface area (Å²) >= 11 is 5.71. The van der Waals surface area contributed by atoms with Crippen LogP contribution in [-0.2, 0) is 11.2 Å². The first kappa shape index (κ1) is 28.6. The fourth-order valence-electron chi connectivity index (χ4n) is 3.26. The molecule has 1 aliphatic rings. The van der Waals surface area contributed by atoms with E-state index in [1.807, 2.05) is 24.0 Å². The number of hydrogen-bond donors (Lipinski definition) is 0. The van der Waals surface area contributed by atoms with Gasteiger partial charge in [0.2, 0.25) is 5.91 Å². The van der Waals surface area contributed by atoms with E-state index in [9.17, 15) is 13.6 Å². The van der Waals surface area contributed by atoms with Crippen molar-refractivity contribution in [2.45, 2.75) is 60.3 Å². The number of rotatable bonds is 4. The molecule has 0 bridgehead atoms. The summed E-state index contributed by atoms with van der Waals surface area (Å²) in [5, 5.41) is 9.00. The van der Waals surface area contributed by atoms with E-state index in [0.29, 0.717) is 40.3 Å². The third-order valence-electron chi connectivity index (χ3n) is 5.35. The summed E-state index contributed by atoms with van der Waals surface area (Å²) in [4.78, 5) is 13.6. The maximum atomic E-state index is 12.6. The molecule has 0 spiro atoms. The summed E-state index contributed by atoms with van der Waals surface area (Å²) in [5.74, 6) is 1.01. The second-order valence-corrected chi connectivity index (χ2v) is 9.26. The number of hydrogen-bond acceptors (Lipinski definition) is 2. The lowest BCUT2D eigenvalue weighted by molar-refractivity contribution is -0.130.